The first kappa shape index (κ1) is 25.9. The van der Waals surface area contributed by atoms with Crippen LogP contribution in [-0.2, 0) is 19.0 Å². The van der Waals surface area contributed by atoms with Crippen molar-refractivity contribution in [2.75, 3.05) is 0 Å². The van der Waals surface area contributed by atoms with E-state index in [0.717, 1.165) is 6.07 Å². The average Bonchev–Trinajstić information content (AvgIpc) is 3.34. The number of hydrogen-bond donors (Lipinski definition) is 2. The lowest BCUT2D eigenvalue weighted by atomic mass is 9.97. The molecule has 0 fully saturated rings. The summed E-state index contributed by atoms with van der Waals surface area (Å²) >= 11 is 5.73. The third-order valence-electron chi connectivity index (χ3n) is 5.34. The first-order chi connectivity index (χ1) is 17.4. The number of nitrogens with zero attached hydrogens (tertiary/aromatic N) is 2. The Bertz CT molecular complexity index is 1490. The number of H-pyrrole nitrogens is 1. The van der Waals surface area contributed by atoms with Crippen molar-refractivity contribution in [1.82, 2.24) is 10.2 Å². The van der Waals surface area contributed by atoms with Crippen molar-refractivity contribution >= 4 is 11.6 Å². The largest absolute Gasteiger partial charge is 0.506 e. The number of hydrogen-bond acceptors (Lipinski definition) is 4. The number of benzene rings is 3. The Hall–Kier alpha value is -4.17. The first-order valence-electron chi connectivity index (χ1n) is 10.4. The standard InChI is InChI=1S/C25H14ClF6N3O2/c26-18-7-5-15(9-17(18)24(27,28)29)22-20(37-12-14-3-1-13(11-33)2-4-14)8-6-16(23(22)36)19-10-21(35-34-19)25(30,31)32/h1-10,36H,12H2,(H,34,35). The highest BCUT2D eigenvalue weighted by atomic mass is 35.5. The van der Waals surface area contributed by atoms with Gasteiger partial charge in [-0.05, 0) is 53.6 Å². The molecule has 0 aliphatic rings. The molecule has 190 valence electrons. The van der Waals surface area contributed by atoms with E-state index in [2.05, 4.69) is 5.10 Å². The molecule has 0 saturated heterocycles. The third-order valence-corrected chi connectivity index (χ3v) is 5.67. The van der Waals surface area contributed by atoms with Crippen molar-refractivity contribution in [1.29, 1.82) is 5.26 Å². The summed E-state index contributed by atoms with van der Waals surface area (Å²) in [5.74, 6) is -0.694. The summed E-state index contributed by atoms with van der Waals surface area (Å²) in [6, 6.07) is 14.4. The van der Waals surface area contributed by atoms with Gasteiger partial charge in [0.05, 0.1) is 33.5 Å². The Morgan fingerprint density at radius 2 is 1.65 bits per heavy atom. The van der Waals surface area contributed by atoms with Crippen molar-refractivity contribution in [3.05, 3.63) is 88.1 Å². The van der Waals surface area contributed by atoms with Gasteiger partial charge in [-0.25, -0.2) is 0 Å². The molecule has 0 saturated carbocycles. The van der Waals surface area contributed by atoms with E-state index in [1.165, 1.54) is 18.2 Å². The number of aromatic hydroxyl groups is 1. The minimum absolute atomic E-state index is 0.0485. The molecule has 2 N–H and O–H groups in total. The molecule has 0 aliphatic heterocycles. The van der Waals surface area contributed by atoms with Crippen molar-refractivity contribution in [3.63, 3.8) is 0 Å². The fourth-order valence-electron chi connectivity index (χ4n) is 3.52. The van der Waals surface area contributed by atoms with Crippen LogP contribution in [0.15, 0.2) is 60.7 Å². The predicted molar refractivity (Wildman–Crippen MR) is 122 cm³/mol. The van der Waals surface area contributed by atoms with E-state index in [-0.39, 0.29) is 34.7 Å². The zero-order chi connectivity index (χ0) is 27.0. The molecule has 4 aromatic rings. The number of aromatic nitrogens is 2. The fourth-order valence-corrected chi connectivity index (χ4v) is 3.74. The molecule has 0 radical (unpaired) electrons. The van der Waals surface area contributed by atoms with Gasteiger partial charge in [-0.15, -0.1) is 0 Å². The van der Waals surface area contributed by atoms with Gasteiger partial charge in [0.1, 0.15) is 23.8 Å². The fraction of sp³-hybridized carbons (Fsp3) is 0.120. The van der Waals surface area contributed by atoms with Gasteiger partial charge in [0.2, 0.25) is 0 Å². The van der Waals surface area contributed by atoms with Gasteiger partial charge in [0.25, 0.3) is 0 Å². The maximum atomic E-state index is 13.5. The predicted octanol–water partition coefficient (Wildman–Crippen LogP) is 7.59. The van der Waals surface area contributed by atoms with Gasteiger partial charge in [0, 0.05) is 5.56 Å². The summed E-state index contributed by atoms with van der Waals surface area (Å²) in [6.45, 7) is -0.0855. The van der Waals surface area contributed by atoms with Gasteiger partial charge in [-0.3, -0.25) is 5.10 Å². The molecule has 0 unspecified atom stereocenters. The molecule has 0 amide bonds. The molecule has 0 spiro atoms. The van der Waals surface area contributed by atoms with E-state index < -0.39 is 34.4 Å². The second kappa shape index (κ2) is 9.71. The maximum absolute atomic E-state index is 13.5. The Balaban J connectivity index is 1.83. The minimum atomic E-state index is -4.81. The smallest absolute Gasteiger partial charge is 0.432 e. The Morgan fingerprint density at radius 1 is 0.946 bits per heavy atom. The van der Waals surface area contributed by atoms with Crippen LogP contribution in [0.3, 0.4) is 0 Å². The van der Waals surface area contributed by atoms with Crippen molar-refractivity contribution < 1.29 is 36.2 Å². The van der Waals surface area contributed by atoms with Crippen LogP contribution < -0.4 is 4.74 Å². The third kappa shape index (κ3) is 5.49. The molecule has 4 rings (SSSR count). The normalized spacial score (nSPS) is 11.8. The van der Waals surface area contributed by atoms with Crippen LogP contribution in [0.4, 0.5) is 26.3 Å². The van der Waals surface area contributed by atoms with Crippen LogP contribution in [0.25, 0.3) is 22.4 Å². The van der Waals surface area contributed by atoms with Gasteiger partial charge in [0.15, 0.2) is 0 Å². The quantitative estimate of drug-likeness (QED) is 0.257. The lowest BCUT2D eigenvalue weighted by molar-refractivity contribution is -0.141. The van der Waals surface area contributed by atoms with Crippen LogP contribution in [0.5, 0.6) is 11.5 Å². The molecule has 0 bridgehead atoms. The molecule has 1 aromatic heterocycles. The number of rotatable bonds is 5. The van der Waals surface area contributed by atoms with Crippen molar-refractivity contribution in [2.45, 2.75) is 19.0 Å². The van der Waals surface area contributed by atoms with Crippen LogP contribution in [0, 0.1) is 11.3 Å². The number of nitriles is 1. The van der Waals surface area contributed by atoms with Crippen LogP contribution in [-0.4, -0.2) is 15.3 Å². The topological polar surface area (TPSA) is 81.9 Å². The second-order valence-corrected chi connectivity index (χ2v) is 8.20. The maximum Gasteiger partial charge on any atom is 0.432 e. The molecular weight excluding hydrogens is 524 g/mol. The second-order valence-electron chi connectivity index (χ2n) is 7.79. The number of phenols is 1. The number of aromatic amines is 1. The highest BCUT2D eigenvalue weighted by Gasteiger charge is 2.35. The summed E-state index contributed by atoms with van der Waals surface area (Å²) in [6.07, 6.45) is -9.54. The number of nitrogens with one attached hydrogen (secondary N) is 1. The average molecular weight is 538 g/mol. The summed E-state index contributed by atoms with van der Waals surface area (Å²) < 4.78 is 85.4. The Kier molecular flexibility index (Phi) is 6.80. The summed E-state index contributed by atoms with van der Waals surface area (Å²) in [4.78, 5) is 0. The van der Waals surface area contributed by atoms with Gasteiger partial charge in [-0.2, -0.15) is 36.7 Å². The highest BCUT2D eigenvalue weighted by Crippen LogP contribution is 2.46. The zero-order valence-electron chi connectivity index (χ0n) is 18.4. The van der Waals surface area contributed by atoms with E-state index in [4.69, 9.17) is 21.6 Å². The molecule has 5 nitrogen and oxygen atoms in total. The Labute approximate surface area is 210 Å². The van der Waals surface area contributed by atoms with Crippen LogP contribution in [0.2, 0.25) is 5.02 Å². The summed E-state index contributed by atoms with van der Waals surface area (Å²) in [7, 11) is 0. The number of alkyl halides is 6. The molecular formula is C25H14ClF6N3O2. The van der Waals surface area contributed by atoms with Gasteiger partial charge >= 0.3 is 12.4 Å². The SMILES string of the molecule is N#Cc1ccc(COc2ccc(-c3cc(C(F)(F)F)[nH]n3)c(O)c2-c2ccc(Cl)c(C(F)(F)F)c2)cc1. The lowest BCUT2D eigenvalue weighted by Crippen LogP contribution is -2.06. The van der Waals surface area contributed by atoms with E-state index in [0.29, 0.717) is 23.3 Å². The zero-order valence-corrected chi connectivity index (χ0v) is 19.1. The van der Waals surface area contributed by atoms with E-state index >= 15 is 0 Å². The molecule has 12 heteroatoms. The van der Waals surface area contributed by atoms with Crippen molar-refractivity contribution in [2.24, 2.45) is 0 Å². The number of phenolic OH excluding ortho intramolecular Hbond substituents is 1. The lowest BCUT2D eigenvalue weighted by Gasteiger charge is -2.17. The van der Waals surface area contributed by atoms with E-state index in [9.17, 15) is 31.4 Å². The number of halogens is 7. The minimum Gasteiger partial charge on any atom is -0.506 e. The Morgan fingerprint density at radius 3 is 2.24 bits per heavy atom. The monoisotopic (exact) mass is 537 g/mol. The van der Waals surface area contributed by atoms with Gasteiger partial charge < -0.3 is 9.84 Å². The molecule has 0 atom stereocenters. The molecule has 3 aromatic carbocycles. The molecule has 37 heavy (non-hydrogen) atoms. The van der Waals surface area contributed by atoms with E-state index in [1.807, 2.05) is 11.2 Å². The van der Waals surface area contributed by atoms with Gasteiger partial charge in [-0.1, -0.05) is 29.8 Å². The highest BCUT2D eigenvalue weighted by molar-refractivity contribution is 6.31. The van der Waals surface area contributed by atoms with Crippen molar-refractivity contribution in [3.8, 4) is 40.0 Å². The van der Waals surface area contributed by atoms with E-state index in [1.54, 1.807) is 24.3 Å². The molecule has 0 aliphatic carbocycles. The van der Waals surface area contributed by atoms with Crippen LogP contribution in [0.1, 0.15) is 22.4 Å². The van der Waals surface area contributed by atoms with Crippen LogP contribution >= 0.6 is 11.6 Å². The summed E-state index contributed by atoms with van der Waals surface area (Å²) in [5.41, 5.74) is -2.12. The molecule has 1 heterocycles. The number of ether oxygens (including phenoxy) is 1. The first-order valence-corrected chi connectivity index (χ1v) is 10.7. The summed E-state index contributed by atoms with van der Waals surface area (Å²) in [5, 5.41) is 24.8.